The molecule has 0 bridgehead atoms. The minimum Gasteiger partial charge on any atom is -0.462 e. The van der Waals surface area contributed by atoms with Crippen molar-refractivity contribution in [2.24, 2.45) is 0 Å². The molecular formula is C17H21N5O2. The Bertz CT molecular complexity index is 654. The van der Waals surface area contributed by atoms with Gasteiger partial charge in [-0.2, -0.15) is 5.10 Å². The minimum atomic E-state index is -0.339. The lowest BCUT2D eigenvalue weighted by Crippen LogP contribution is -2.39. The lowest BCUT2D eigenvalue weighted by Gasteiger charge is -2.33. The lowest BCUT2D eigenvalue weighted by atomic mass is 10.1. The van der Waals surface area contributed by atoms with Crippen molar-refractivity contribution in [3.8, 4) is 0 Å². The van der Waals surface area contributed by atoms with Gasteiger partial charge in [-0.25, -0.2) is 9.78 Å². The Balaban J connectivity index is 1.52. The second-order valence-corrected chi connectivity index (χ2v) is 5.64. The Kier molecular flexibility index (Phi) is 5.20. The molecule has 1 aliphatic heterocycles. The quantitative estimate of drug-likeness (QED) is 0.843. The number of rotatable bonds is 5. The molecule has 2 aromatic rings. The third kappa shape index (κ3) is 3.98. The van der Waals surface area contributed by atoms with E-state index < -0.39 is 0 Å². The second-order valence-electron chi connectivity index (χ2n) is 5.64. The minimum absolute atomic E-state index is 0.339. The van der Waals surface area contributed by atoms with Crippen LogP contribution in [0.2, 0.25) is 0 Å². The van der Waals surface area contributed by atoms with Crippen molar-refractivity contribution < 1.29 is 9.53 Å². The highest BCUT2D eigenvalue weighted by Crippen LogP contribution is 2.19. The molecule has 0 aliphatic carbocycles. The molecule has 0 spiro atoms. The maximum absolute atomic E-state index is 11.6. The fourth-order valence-corrected chi connectivity index (χ4v) is 2.74. The first kappa shape index (κ1) is 16.2. The number of carbonyl (C=O) groups excluding carboxylic acids is 1. The number of nitrogens with one attached hydrogen (secondary N) is 1. The molecule has 3 heterocycles. The molecule has 2 aromatic heterocycles. The number of aromatic nitrogens is 3. The third-order valence-corrected chi connectivity index (χ3v) is 4.00. The summed E-state index contributed by atoms with van der Waals surface area (Å²) in [6.45, 7) is 4.01. The number of hydrogen-bond donors (Lipinski definition) is 1. The zero-order valence-electron chi connectivity index (χ0n) is 13.7. The molecule has 24 heavy (non-hydrogen) atoms. The Morgan fingerprint density at radius 3 is 2.79 bits per heavy atom. The summed E-state index contributed by atoms with van der Waals surface area (Å²) in [5, 5.41) is 11.5. The molecule has 0 unspecified atom stereocenters. The molecule has 126 valence electrons. The summed E-state index contributed by atoms with van der Waals surface area (Å²) in [4.78, 5) is 18.2. The van der Waals surface area contributed by atoms with Gasteiger partial charge in [0.1, 0.15) is 5.82 Å². The molecule has 3 rings (SSSR count). The number of pyridine rings is 1. The van der Waals surface area contributed by atoms with Gasteiger partial charge in [-0.15, -0.1) is 5.10 Å². The van der Waals surface area contributed by atoms with Crippen LogP contribution >= 0.6 is 0 Å². The van der Waals surface area contributed by atoms with Crippen LogP contribution in [0.25, 0.3) is 0 Å². The highest BCUT2D eigenvalue weighted by molar-refractivity contribution is 5.89. The smallest absolute Gasteiger partial charge is 0.339 e. The van der Waals surface area contributed by atoms with Gasteiger partial charge in [0.2, 0.25) is 0 Å². The van der Waals surface area contributed by atoms with Crippen LogP contribution in [0.15, 0.2) is 36.7 Å². The molecule has 1 aliphatic rings. The van der Waals surface area contributed by atoms with Gasteiger partial charge in [-0.3, -0.25) is 0 Å². The van der Waals surface area contributed by atoms with Crippen molar-refractivity contribution in [1.29, 1.82) is 0 Å². The first-order valence-electron chi connectivity index (χ1n) is 8.18. The van der Waals surface area contributed by atoms with Crippen molar-refractivity contribution in [1.82, 2.24) is 15.2 Å². The molecule has 7 nitrogen and oxygen atoms in total. The van der Waals surface area contributed by atoms with Gasteiger partial charge in [-0.05, 0) is 44.0 Å². The molecule has 0 radical (unpaired) electrons. The summed E-state index contributed by atoms with van der Waals surface area (Å²) in [6, 6.07) is 7.81. The predicted octanol–water partition coefficient (Wildman–Crippen LogP) is 2.13. The number of ether oxygens (including phenoxy) is 1. The van der Waals surface area contributed by atoms with Crippen LogP contribution in [0.4, 0.5) is 11.6 Å². The van der Waals surface area contributed by atoms with Gasteiger partial charge in [0.15, 0.2) is 5.82 Å². The van der Waals surface area contributed by atoms with E-state index in [9.17, 15) is 4.79 Å². The normalized spacial score (nSPS) is 15.1. The monoisotopic (exact) mass is 327 g/mol. The molecular weight excluding hydrogens is 306 g/mol. The van der Waals surface area contributed by atoms with Crippen molar-refractivity contribution in [3.63, 3.8) is 0 Å². The molecule has 0 atom stereocenters. The summed E-state index contributed by atoms with van der Waals surface area (Å²) < 4.78 is 4.96. The van der Waals surface area contributed by atoms with E-state index in [1.54, 1.807) is 25.4 Å². The number of nitrogens with zero attached hydrogens (tertiary/aromatic N) is 4. The predicted molar refractivity (Wildman–Crippen MR) is 91.1 cm³/mol. The molecule has 1 N–H and O–H groups in total. The molecule has 0 saturated carbocycles. The average Bonchev–Trinajstić information content (AvgIpc) is 2.64. The summed E-state index contributed by atoms with van der Waals surface area (Å²) in [5.41, 5.74) is 0.472. The van der Waals surface area contributed by atoms with Crippen molar-refractivity contribution in [3.05, 3.63) is 42.2 Å². The molecule has 1 fully saturated rings. The van der Waals surface area contributed by atoms with Crippen LogP contribution < -0.4 is 10.2 Å². The van der Waals surface area contributed by atoms with Crippen LogP contribution in [0.3, 0.4) is 0 Å². The maximum Gasteiger partial charge on any atom is 0.339 e. The van der Waals surface area contributed by atoms with E-state index in [2.05, 4.69) is 25.4 Å². The molecule has 0 aromatic carbocycles. The summed E-state index contributed by atoms with van der Waals surface area (Å²) in [6.07, 6.45) is 5.23. The van der Waals surface area contributed by atoms with Gasteiger partial charge in [0.25, 0.3) is 0 Å². The Morgan fingerprint density at radius 2 is 2.17 bits per heavy atom. The first-order chi connectivity index (χ1) is 11.8. The Hall–Kier alpha value is -2.70. The fourth-order valence-electron chi connectivity index (χ4n) is 2.74. The van der Waals surface area contributed by atoms with Crippen molar-refractivity contribution in [2.45, 2.75) is 25.8 Å². The number of esters is 1. The van der Waals surface area contributed by atoms with Crippen LogP contribution in [-0.4, -0.2) is 46.9 Å². The second kappa shape index (κ2) is 7.72. The standard InChI is InChI=1S/C17H21N5O2/c1-2-24-17(23)13-5-6-15(18-12-13)20-14-7-10-22(11-8-14)16-4-3-9-19-21-16/h3-6,9,12,14H,2,7-8,10-11H2,1H3,(H,18,20). The topological polar surface area (TPSA) is 80.2 Å². The number of piperidine rings is 1. The van der Waals surface area contributed by atoms with E-state index in [0.717, 1.165) is 37.6 Å². The number of carbonyl (C=O) groups is 1. The van der Waals surface area contributed by atoms with Gasteiger partial charge >= 0.3 is 5.97 Å². The van der Waals surface area contributed by atoms with E-state index in [-0.39, 0.29) is 5.97 Å². The largest absolute Gasteiger partial charge is 0.462 e. The van der Waals surface area contributed by atoms with Gasteiger partial charge in [0.05, 0.1) is 12.2 Å². The van der Waals surface area contributed by atoms with E-state index in [4.69, 9.17) is 4.74 Å². The highest BCUT2D eigenvalue weighted by Gasteiger charge is 2.20. The third-order valence-electron chi connectivity index (χ3n) is 4.00. The zero-order valence-corrected chi connectivity index (χ0v) is 13.7. The lowest BCUT2D eigenvalue weighted by molar-refractivity contribution is 0.0526. The van der Waals surface area contributed by atoms with E-state index in [1.165, 1.54) is 0 Å². The van der Waals surface area contributed by atoms with Crippen LogP contribution in [-0.2, 0) is 4.74 Å². The molecule has 0 amide bonds. The maximum atomic E-state index is 11.6. The summed E-state index contributed by atoms with van der Waals surface area (Å²) in [5.74, 6) is 1.36. The first-order valence-corrected chi connectivity index (χ1v) is 8.18. The molecule has 7 heteroatoms. The number of hydrogen-bond acceptors (Lipinski definition) is 7. The van der Waals surface area contributed by atoms with Crippen molar-refractivity contribution >= 4 is 17.6 Å². The Labute approximate surface area is 141 Å². The number of anilines is 2. The average molecular weight is 327 g/mol. The van der Waals surface area contributed by atoms with Crippen molar-refractivity contribution in [2.75, 3.05) is 29.9 Å². The van der Waals surface area contributed by atoms with Gasteiger partial charge in [-0.1, -0.05) is 0 Å². The fraction of sp³-hybridized carbons (Fsp3) is 0.412. The molecule has 1 saturated heterocycles. The zero-order chi connectivity index (χ0) is 16.8. The van der Waals surface area contributed by atoms with Crippen LogP contribution in [0.5, 0.6) is 0 Å². The Morgan fingerprint density at radius 1 is 1.33 bits per heavy atom. The van der Waals surface area contributed by atoms with E-state index >= 15 is 0 Å². The highest BCUT2D eigenvalue weighted by atomic mass is 16.5. The summed E-state index contributed by atoms with van der Waals surface area (Å²) in [7, 11) is 0. The van der Waals surface area contributed by atoms with Crippen LogP contribution in [0, 0.1) is 0 Å². The van der Waals surface area contributed by atoms with E-state index in [1.807, 2.05) is 18.2 Å². The van der Waals surface area contributed by atoms with E-state index in [0.29, 0.717) is 18.2 Å². The van der Waals surface area contributed by atoms with Gasteiger partial charge in [0, 0.05) is 31.5 Å². The summed E-state index contributed by atoms with van der Waals surface area (Å²) >= 11 is 0. The van der Waals surface area contributed by atoms with Gasteiger partial charge < -0.3 is 15.0 Å². The SMILES string of the molecule is CCOC(=O)c1ccc(NC2CCN(c3cccnn3)CC2)nc1. The van der Waals surface area contributed by atoms with Crippen LogP contribution in [0.1, 0.15) is 30.1 Å².